The van der Waals surface area contributed by atoms with Crippen LogP contribution in [0.25, 0.3) is 10.8 Å². The number of carbonyl (C=O) groups is 1. The number of aryl methyl sites for hydroxylation is 1. The molecule has 0 aliphatic carbocycles. The molecule has 0 spiro atoms. The first-order chi connectivity index (χ1) is 16.7. The van der Waals surface area contributed by atoms with Crippen molar-refractivity contribution in [2.45, 2.75) is 83.2 Å². The second kappa shape index (κ2) is 12.2. The molecule has 1 aliphatic heterocycles. The van der Waals surface area contributed by atoms with E-state index < -0.39 is 5.60 Å². The fraction of sp³-hybridized carbons (Fsp3) is 0.452. The number of rotatable bonds is 14. The van der Waals surface area contributed by atoms with Gasteiger partial charge in [0, 0.05) is 5.56 Å². The summed E-state index contributed by atoms with van der Waals surface area (Å²) in [6.45, 7) is 2.65. The van der Waals surface area contributed by atoms with E-state index in [1.54, 1.807) is 0 Å². The average Bonchev–Trinajstić information content (AvgIpc) is 3.67. The largest absolute Gasteiger partial charge is 0.424 e. The molecule has 1 atom stereocenters. The van der Waals surface area contributed by atoms with Gasteiger partial charge in [-0.15, -0.1) is 0 Å². The number of fused-ring (bicyclic) bond motifs is 1. The van der Waals surface area contributed by atoms with E-state index in [4.69, 9.17) is 9.47 Å². The highest BCUT2D eigenvalue weighted by Crippen LogP contribution is 2.42. The normalized spacial score (nSPS) is 17.1. The van der Waals surface area contributed by atoms with Crippen molar-refractivity contribution >= 4 is 16.7 Å². The molecule has 0 N–H and O–H groups in total. The van der Waals surface area contributed by atoms with Gasteiger partial charge >= 0.3 is 5.97 Å². The van der Waals surface area contributed by atoms with E-state index >= 15 is 0 Å². The summed E-state index contributed by atoms with van der Waals surface area (Å²) in [5, 5.41) is 2.18. The van der Waals surface area contributed by atoms with Crippen LogP contribution >= 0.6 is 0 Å². The zero-order chi connectivity index (χ0) is 23.6. The number of hydrogen-bond acceptors (Lipinski definition) is 3. The van der Waals surface area contributed by atoms with E-state index in [1.807, 2.05) is 48.5 Å². The summed E-state index contributed by atoms with van der Waals surface area (Å²) in [7, 11) is 0. The minimum atomic E-state index is -0.958. The predicted octanol–water partition coefficient (Wildman–Crippen LogP) is 8.13. The molecule has 1 heterocycles. The Morgan fingerprint density at radius 3 is 2.12 bits per heavy atom. The fourth-order valence-electron chi connectivity index (χ4n) is 4.81. The number of esters is 1. The van der Waals surface area contributed by atoms with Crippen LogP contribution < -0.4 is 4.74 Å². The lowest BCUT2D eigenvalue weighted by Crippen LogP contribution is -2.28. The first kappa shape index (κ1) is 24.5. The van der Waals surface area contributed by atoms with Gasteiger partial charge in [-0.2, -0.15) is 0 Å². The standard InChI is InChI=1S/C31H38O3/c1-2-3-4-5-6-7-8-9-10-11-17-26-18-14-15-20-29(26)31(24-33-31)30(32)34-28-22-21-25-16-12-13-19-27(25)23-28/h12-16,18-23H,2-11,17,24H2,1H3. The maximum absolute atomic E-state index is 13.2. The Bertz CT molecular complexity index is 1070. The van der Waals surface area contributed by atoms with Crippen LogP contribution in [0, 0.1) is 0 Å². The predicted molar refractivity (Wildman–Crippen MR) is 139 cm³/mol. The Morgan fingerprint density at radius 1 is 0.794 bits per heavy atom. The Kier molecular flexibility index (Phi) is 8.76. The van der Waals surface area contributed by atoms with Crippen LogP contribution in [0.4, 0.5) is 0 Å². The maximum atomic E-state index is 13.2. The van der Waals surface area contributed by atoms with E-state index in [-0.39, 0.29) is 5.97 Å². The molecule has 3 heteroatoms. The second-order valence-corrected chi connectivity index (χ2v) is 9.60. The van der Waals surface area contributed by atoms with Gasteiger partial charge in [-0.3, -0.25) is 0 Å². The Labute approximate surface area is 204 Å². The van der Waals surface area contributed by atoms with E-state index in [2.05, 4.69) is 25.1 Å². The van der Waals surface area contributed by atoms with Crippen molar-refractivity contribution in [2.75, 3.05) is 6.61 Å². The minimum absolute atomic E-state index is 0.321. The van der Waals surface area contributed by atoms with Crippen LogP contribution in [0.15, 0.2) is 66.7 Å². The third kappa shape index (κ3) is 6.27. The summed E-state index contributed by atoms with van der Waals surface area (Å²) in [4.78, 5) is 13.2. The average molecular weight is 459 g/mol. The number of epoxide rings is 1. The van der Waals surface area contributed by atoms with Crippen LogP contribution in [-0.4, -0.2) is 12.6 Å². The van der Waals surface area contributed by atoms with E-state index in [9.17, 15) is 4.79 Å². The molecular formula is C31H38O3. The lowest BCUT2D eigenvalue weighted by Gasteiger charge is -2.16. The molecule has 0 bridgehead atoms. The van der Waals surface area contributed by atoms with Crippen molar-refractivity contribution < 1.29 is 14.3 Å². The summed E-state index contributed by atoms with van der Waals surface area (Å²) in [5.41, 5.74) is 1.22. The highest BCUT2D eigenvalue weighted by Gasteiger charge is 2.56. The molecule has 3 aromatic carbocycles. The molecule has 3 nitrogen and oxygen atoms in total. The molecule has 180 valence electrons. The monoisotopic (exact) mass is 458 g/mol. The van der Waals surface area contributed by atoms with Gasteiger partial charge in [-0.1, -0.05) is 119 Å². The molecule has 34 heavy (non-hydrogen) atoms. The molecule has 0 amide bonds. The molecule has 1 unspecified atom stereocenters. The maximum Gasteiger partial charge on any atom is 0.350 e. The van der Waals surface area contributed by atoms with E-state index in [0.29, 0.717) is 12.4 Å². The zero-order valence-corrected chi connectivity index (χ0v) is 20.6. The zero-order valence-electron chi connectivity index (χ0n) is 20.6. The second-order valence-electron chi connectivity index (χ2n) is 9.60. The fourth-order valence-corrected chi connectivity index (χ4v) is 4.81. The van der Waals surface area contributed by atoms with Gasteiger partial charge in [-0.25, -0.2) is 4.79 Å². The number of hydrogen-bond donors (Lipinski definition) is 0. The van der Waals surface area contributed by atoms with Crippen LogP contribution in [-0.2, 0) is 21.6 Å². The molecule has 4 rings (SSSR count). The van der Waals surface area contributed by atoms with Crippen molar-refractivity contribution in [1.29, 1.82) is 0 Å². The van der Waals surface area contributed by atoms with Gasteiger partial charge in [0.2, 0.25) is 5.60 Å². The lowest BCUT2D eigenvalue weighted by molar-refractivity contribution is -0.140. The number of ether oxygens (including phenoxy) is 2. The summed E-state index contributed by atoms with van der Waals surface area (Å²) < 4.78 is 11.6. The molecule has 0 radical (unpaired) electrons. The van der Waals surface area contributed by atoms with Crippen molar-refractivity contribution in [1.82, 2.24) is 0 Å². The molecule has 1 fully saturated rings. The molecule has 0 saturated carbocycles. The Balaban J connectivity index is 1.29. The van der Waals surface area contributed by atoms with Crippen LogP contribution in [0.5, 0.6) is 5.75 Å². The smallest absolute Gasteiger partial charge is 0.350 e. The topological polar surface area (TPSA) is 38.8 Å². The SMILES string of the molecule is CCCCCCCCCCCCc1ccccc1C1(C(=O)Oc2ccc3ccccc3c2)CO1. The molecule has 1 aliphatic rings. The Morgan fingerprint density at radius 2 is 1.41 bits per heavy atom. The quantitative estimate of drug-likeness (QED) is 0.106. The molecule has 0 aromatic heterocycles. The third-order valence-corrected chi connectivity index (χ3v) is 6.95. The van der Waals surface area contributed by atoms with Gasteiger partial charge in [0.25, 0.3) is 0 Å². The Hall–Kier alpha value is -2.65. The van der Waals surface area contributed by atoms with Crippen LogP contribution in [0.1, 0.15) is 82.3 Å². The number of unbranched alkanes of at least 4 members (excludes halogenated alkanes) is 9. The van der Waals surface area contributed by atoms with Crippen molar-refractivity contribution in [2.24, 2.45) is 0 Å². The van der Waals surface area contributed by atoms with Crippen LogP contribution in [0.3, 0.4) is 0 Å². The summed E-state index contributed by atoms with van der Waals surface area (Å²) in [6.07, 6.45) is 14.2. The van der Waals surface area contributed by atoms with Crippen LogP contribution in [0.2, 0.25) is 0 Å². The first-order valence-corrected chi connectivity index (χ1v) is 13.2. The number of benzene rings is 3. The van der Waals surface area contributed by atoms with Crippen molar-refractivity contribution in [3.8, 4) is 5.75 Å². The van der Waals surface area contributed by atoms with E-state index in [0.717, 1.165) is 29.2 Å². The highest BCUT2D eigenvalue weighted by molar-refractivity contribution is 5.88. The third-order valence-electron chi connectivity index (χ3n) is 6.95. The summed E-state index contributed by atoms with van der Waals surface area (Å²) in [5.74, 6) is 0.240. The number of carbonyl (C=O) groups excluding carboxylic acids is 1. The first-order valence-electron chi connectivity index (χ1n) is 13.2. The van der Waals surface area contributed by atoms with Gasteiger partial charge in [-0.05, 0) is 41.3 Å². The molecule has 3 aromatic rings. The molecule has 1 saturated heterocycles. The summed E-state index contributed by atoms with van der Waals surface area (Å²) in [6, 6.07) is 22.0. The molecular weight excluding hydrogens is 420 g/mol. The van der Waals surface area contributed by atoms with Gasteiger partial charge in [0.05, 0.1) is 6.61 Å². The van der Waals surface area contributed by atoms with Crippen molar-refractivity contribution in [3.63, 3.8) is 0 Å². The van der Waals surface area contributed by atoms with E-state index in [1.165, 1.54) is 63.4 Å². The van der Waals surface area contributed by atoms with Gasteiger partial charge in [0.1, 0.15) is 5.75 Å². The van der Waals surface area contributed by atoms with Crippen molar-refractivity contribution in [3.05, 3.63) is 77.9 Å². The van der Waals surface area contributed by atoms with Gasteiger partial charge < -0.3 is 9.47 Å². The minimum Gasteiger partial charge on any atom is -0.424 e. The summed E-state index contributed by atoms with van der Waals surface area (Å²) >= 11 is 0. The lowest BCUT2D eigenvalue weighted by atomic mass is 9.91. The van der Waals surface area contributed by atoms with Gasteiger partial charge in [0.15, 0.2) is 0 Å². The highest BCUT2D eigenvalue weighted by atomic mass is 16.6.